The number of ketones is 1. The molecule has 0 fully saturated rings. The van der Waals surface area contributed by atoms with E-state index in [0.717, 1.165) is 0 Å². The molecule has 0 heterocycles. The Hall–Kier alpha value is -1.93. The van der Waals surface area contributed by atoms with Gasteiger partial charge in [0, 0.05) is 16.7 Å². The first kappa shape index (κ1) is 11.6. The molecule has 2 nitrogen and oxygen atoms in total. The summed E-state index contributed by atoms with van der Waals surface area (Å²) < 4.78 is 0. The summed E-state index contributed by atoms with van der Waals surface area (Å²) in [7, 11) is 0. The molecule has 0 aliphatic rings. The van der Waals surface area contributed by atoms with Crippen molar-refractivity contribution in [3.63, 3.8) is 0 Å². The number of benzene rings is 2. The molecule has 0 saturated heterocycles. The third-order valence-corrected chi connectivity index (χ3v) is 2.78. The van der Waals surface area contributed by atoms with Crippen LogP contribution in [0.4, 0.5) is 0 Å². The molecule has 0 aromatic heterocycles. The van der Waals surface area contributed by atoms with Crippen molar-refractivity contribution in [1.82, 2.24) is 0 Å². The molecule has 0 N–H and O–H groups in total. The molecule has 0 aliphatic carbocycles. The van der Waals surface area contributed by atoms with Gasteiger partial charge in [-0.05, 0) is 12.1 Å². The summed E-state index contributed by atoms with van der Waals surface area (Å²) in [5, 5.41) is 0.387. The fourth-order valence-corrected chi connectivity index (χ4v) is 1.82. The van der Waals surface area contributed by atoms with E-state index >= 15 is 0 Å². The monoisotopic (exact) mass is 244 g/mol. The summed E-state index contributed by atoms with van der Waals surface area (Å²) in [6.45, 7) is 0. The van der Waals surface area contributed by atoms with E-state index in [-0.39, 0.29) is 5.78 Å². The van der Waals surface area contributed by atoms with Gasteiger partial charge in [0.2, 0.25) is 0 Å². The third kappa shape index (κ3) is 2.27. The second-order valence-corrected chi connectivity index (χ2v) is 3.92. The highest BCUT2D eigenvalue weighted by Crippen LogP contribution is 2.20. The Labute approximate surface area is 104 Å². The quantitative estimate of drug-likeness (QED) is 0.613. The van der Waals surface area contributed by atoms with Crippen LogP contribution in [0.5, 0.6) is 0 Å². The van der Waals surface area contributed by atoms with Crippen LogP contribution in [0.3, 0.4) is 0 Å². The lowest BCUT2D eigenvalue weighted by atomic mass is 9.99. The van der Waals surface area contributed by atoms with E-state index in [1.54, 1.807) is 48.5 Å². The zero-order valence-corrected chi connectivity index (χ0v) is 9.65. The molecule has 2 aromatic rings. The van der Waals surface area contributed by atoms with Crippen molar-refractivity contribution in [2.45, 2.75) is 0 Å². The lowest BCUT2D eigenvalue weighted by Crippen LogP contribution is -2.05. The second kappa shape index (κ2) is 4.93. The second-order valence-electron chi connectivity index (χ2n) is 3.51. The minimum absolute atomic E-state index is 0.238. The normalized spacial score (nSPS) is 9.94. The van der Waals surface area contributed by atoms with Gasteiger partial charge in [-0.15, -0.1) is 0 Å². The van der Waals surface area contributed by atoms with Gasteiger partial charge in [0.05, 0.1) is 5.02 Å². The number of hydrogen-bond acceptors (Lipinski definition) is 2. The summed E-state index contributed by atoms with van der Waals surface area (Å²) in [5.41, 5.74) is 1.15. The zero-order valence-electron chi connectivity index (χ0n) is 8.89. The fourth-order valence-electron chi connectivity index (χ4n) is 1.60. The van der Waals surface area contributed by atoms with Gasteiger partial charge in [0.15, 0.2) is 12.1 Å². The van der Waals surface area contributed by atoms with Crippen LogP contribution in [0.2, 0.25) is 5.02 Å². The van der Waals surface area contributed by atoms with Crippen molar-refractivity contribution in [1.29, 1.82) is 0 Å². The average molecular weight is 245 g/mol. The maximum Gasteiger partial charge on any atom is 0.195 e. The number of aldehydes is 1. The van der Waals surface area contributed by atoms with Crippen molar-refractivity contribution in [2.24, 2.45) is 0 Å². The maximum absolute atomic E-state index is 12.2. The SMILES string of the molecule is O=Cc1ccccc1C(=O)c1ccccc1Cl. The first-order valence-corrected chi connectivity index (χ1v) is 5.45. The van der Waals surface area contributed by atoms with Crippen molar-refractivity contribution < 1.29 is 9.59 Å². The first-order chi connectivity index (χ1) is 8.24. The standard InChI is InChI=1S/C14H9ClO2/c15-13-8-4-3-7-12(13)14(17)11-6-2-1-5-10(11)9-16/h1-9H. The topological polar surface area (TPSA) is 34.1 Å². The summed E-state index contributed by atoms with van der Waals surface area (Å²) in [6.07, 6.45) is 0.671. The number of halogens is 1. The van der Waals surface area contributed by atoms with E-state index in [0.29, 0.717) is 28.0 Å². The van der Waals surface area contributed by atoms with Gasteiger partial charge in [-0.1, -0.05) is 48.0 Å². The van der Waals surface area contributed by atoms with Crippen molar-refractivity contribution in [3.8, 4) is 0 Å². The van der Waals surface area contributed by atoms with Gasteiger partial charge in [-0.2, -0.15) is 0 Å². The molecule has 3 heteroatoms. The molecule has 2 aromatic carbocycles. The van der Waals surface area contributed by atoms with Crippen LogP contribution >= 0.6 is 11.6 Å². The molecule has 0 atom stereocenters. The highest BCUT2D eigenvalue weighted by Gasteiger charge is 2.14. The smallest absolute Gasteiger partial charge is 0.195 e. The van der Waals surface area contributed by atoms with Crippen LogP contribution in [0.1, 0.15) is 26.3 Å². The first-order valence-electron chi connectivity index (χ1n) is 5.07. The molecule has 0 saturated carbocycles. The average Bonchev–Trinajstić information content (AvgIpc) is 2.38. The highest BCUT2D eigenvalue weighted by molar-refractivity contribution is 6.35. The lowest BCUT2D eigenvalue weighted by molar-refractivity contribution is 0.102. The summed E-state index contributed by atoms with van der Waals surface area (Å²) >= 11 is 5.96. The van der Waals surface area contributed by atoms with Crippen molar-refractivity contribution in [3.05, 3.63) is 70.2 Å². The fraction of sp³-hybridized carbons (Fsp3) is 0. The predicted molar refractivity (Wildman–Crippen MR) is 66.7 cm³/mol. The van der Waals surface area contributed by atoms with Gasteiger partial charge in [-0.25, -0.2) is 0 Å². The van der Waals surface area contributed by atoms with Crippen molar-refractivity contribution in [2.75, 3.05) is 0 Å². The Balaban J connectivity index is 2.51. The van der Waals surface area contributed by atoms with Crippen LogP contribution < -0.4 is 0 Å². The Bertz CT molecular complexity index is 576. The van der Waals surface area contributed by atoms with Gasteiger partial charge >= 0.3 is 0 Å². The minimum atomic E-state index is -0.238. The summed E-state index contributed by atoms with van der Waals surface area (Å²) in [5.74, 6) is -0.238. The molecule has 0 aliphatic heterocycles. The maximum atomic E-state index is 12.2. The van der Waals surface area contributed by atoms with Gasteiger partial charge in [0.25, 0.3) is 0 Å². The van der Waals surface area contributed by atoms with E-state index in [1.165, 1.54) is 0 Å². The van der Waals surface area contributed by atoms with Crippen LogP contribution in [0, 0.1) is 0 Å². The van der Waals surface area contributed by atoms with Crippen molar-refractivity contribution >= 4 is 23.7 Å². The molecular weight excluding hydrogens is 236 g/mol. The molecule has 84 valence electrons. The zero-order chi connectivity index (χ0) is 12.3. The molecule has 17 heavy (non-hydrogen) atoms. The lowest BCUT2D eigenvalue weighted by Gasteiger charge is -2.05. The predicted octanol–water partition coefficient (Wildman–Crippen LogP) is 3.38. The van der Waals surface area contributed by atoms with E-state index in [9.17, 15) is 9.59 Å². The van der Waals surface area contributed by atoms with E-state index < -0.39 is 0 Å². The molecule has 0 spiro atoms. The third-order valence-electron chi connectivity index (χ3n) is 2.45. The number of carbonyl (C=O) groups excluding carboxylic acids is 2. The Morgan fingerprint density at radius 2 is 1.53 bits per heavy atom. The van der Waals surface area contributed by atoms with Crippen LogP contribution in [0.15, 0.2) is 48.5 Å². The number of hydrogen-bond donors (Lipinski definition) is 0. The molecular formula is C14H9ClO2. The Kier molecular flexibility index (Phi) is 3.35. The van der Waals surface area contributed by atoms with Crippen LogP contribution in [-0.2, 0) is 0 Å². The van der Waals surface area contributed by atoms with Crippen LogP contribution in [0.25, 0.3) is 0 Å². The number of carbonyl (C=O) groups is 2. The molecule has 0 unspecified atom stereocenters. The van der Waals surface area contributed by atoms with E-state index in [1.807, 2.05) is 0 Å². The van der Waals surface area contributed by atoms with E-state index in [2.05, 4.69) is 0 Å². The van der Waals surface area contributed by atoms with Gasteiger partial charge in [-0.3, -0.25) is 9.59 Å². The summed E-state index contributed by atoms with van der Waals surface area (Å²) in [4.78, 5) is 23.1. The highest BCUT2D eigenvalue weighted by atomic mass is 35.5. The molecule has 0 amide bonds. The Morgan fingerprint density at radius 3 is 2.18 bits per heavy atom. The molecule has 0 bridgehead atoms. The molecule has 2 rings (SSSR count). The summed E-state index contributed by atoms with van der Waals surface area (Å²) in [6, 6.07) is 13.5. The Morgan fingerprint density at radius 1 is 0.941 bits per heavy atom. The van der Waals surface area contributed by atoms with Gasteiger partial charge in [0.1, 0.15) is 0 Å². The molecule has 0 radical (unpaired) electrons. The minimum Gasteiger partial charge on any atom is -0.298 e. The largest absolute Gasteiger partial charge is 0.298 e. The van der Waals surface area contributed by atoms with Crippen LogP contribution in [-0.4, -0.2) is 12.1 Å². The van der Waals surface area contributed by atoms with Gasteiger partial charge < -0.3 is 0 Å². The number of rotatable bonds is 3. The van der Waals surface area contributed by atoms with E-state index in [4.69, 9.17) is 11.6 Å².